The van der Waals surface area contributed by atoms with E-state index in [0.717, 1.165) is 6.07 Å². The molecule has 0 unspecified atom stereocenters. The maximum absolute atomic E-state index is 11.4. The average molecular weight is 257 g/mol. The highest BCUT2D eigenvalue weighted by molar-refractivity contribution is 6.41. The van der Waals surface area contributed by atoms with Gasteiger partial charge in [-0.3, -0.25) is 4.79 Å². The van der Waals surface area contributed by atoms with E-state index in [1.807, 2.05) is 20.8 Å². The van der Waals surface area contributed by atoms with Crippen molar-refractivity contribution in [2.24, 2.45) is 0 Å². The standard InChI is InChI=1S/C12H13ClO4/c1-12(2,3)8-5-6(13)4-7(9(8)14)10(15)11(16)17/h4-5,14H,1-3H3,(H,16,17). The summed E-state index contributed by atoms with van der Waals surface area (Å²) in [4.78, 5) is 22.0. The minimum absolute atomic E-state index is 0.220. The molecule has 1 aromatic rings. The van der Waals surface area contributed by atoms with Gasteiger partial charge in [0.05, 0.1) is 5.56 Å². The molecular formula is C12H13ClO4. The van der Waals surface area contributed by atoms with E-state index in [1.165, 1.54) is 6.07 Å². The Morgan fingerprint density at radius 3 is 2.18 bits per heavy atom. The van der Waals surface area contributed by atoms with Crippen molar-refractivity contribution in [3.8, 4) is 5.75 Å². The lowest BCUT2D eigenvalue weighted by Gasteiger charge is -2.21. The SMILES string of the molecule is CC(C)(C)c1cc(Cl)cc(C(=O)C(=O)O)c1O. The third-order valence-corrected chi connectivity index (χ3v) is 2.54. The zero-order chi connectivity index (χ0) is 13.4. The molecular weight excluding hydrogens is 244 g/mol. The number of carbonyl (C=O) groups excluding carboxylic acids is 1. The normalized spacial score (nSPS) is 11.3. The maximum atomic E-state index is 11.4. The highest BCUT2D eigenvalue weighted by Gasteiger charge is 2.26. The largest absolute Gasteiger partial charge is 0.507 e. The summed E-state index contributed by atoms with van der Waals surface area (Å²) in [6.07, 6.45) is 0. The van der Waals surface area contributed by atoms with Crippen molar-refractivity contribution >= 4 is 23.4 Å². The number of rotatable bonds is 2. The van der Waals surface area contributed by atoms with E-state index in [9.17, 15) is 14.7 Å². The van der Waals surface area contributed by atoms with E-state index >= 15 is 0 Å². The highest BCUT2D eigenvalue weighted by Crippen LogP contribution is 2.35. The van der Waals surface area contributed by atoms with Crippen LogP contribution in [0.25, 0.3) is 0 Å². The molecule has 2 N–H and O–H groups in total. The van der Waals surface area contributed by atoms with Crippen molar-refractivity contribution in [1.82, 2.24) is 0 Å². The van der Waals surface area contributed by atoms with Crippen molar-refractivity contribution in [2.75, 3.05) is 0 Å². The van der Waals surface area contributed by atoms with Crippen LogP contribution in [0.3, 0.4) is 0 Å². The molecule has 0 aromatic heterocycles. The Bertz CT molecular complexity index is 486. The van der Waals surface area contributed by atoms with E-state index in [2.05, 4.69) is 0 Å². The van der Waals surface area contributed by atoms with Gasteiger partial charge in [0.15, 0.2) is 0 Å². The lowest BCUT2D eigenvalue weighted by atomic mass is 9.84. The van der Waals surface area contributed by atoms with Crippen molar-refractivity contribution in [3.63, 3.8) is 0 Å². The summed E-state index contributed by atoms with van der Waals surface area (Å²) in [7, 11) is 0. The molecule has 0 bridgehead atoms. The first kappa shape index (κ1) is 13.5. The Hall–Kier alpha value is -1.55. The summed E-state index contributed by atoms with van der Waals surface area (Å²) in [6.45, 7) is 5.48. The lowest BCUT2D eigenvalue weighted by molar-refractivity contribution is -0.131. The van der Waals surface area contributed by atoms with Crippen LogP contribution in [0.2, 0.25) is 5.02 Å². The zero-order valence-corrected chi connectivity index (χ0v) is 10.5. The second-order valence-electron chi connectivity index (χ2n) is 4.73. The van der Waals surface area contributed by atoms with Crippen LogP contribution in [0.5, 0.6) is 5.75 Å². The number of carboxylic acids is 1. The predicted octanol–water partition coefficient (Wildman–Crippen LogP) is 2.61. The third kappa shape index (κ3) is 2.77. The summed E-state index contributed by atoms with van der Waals surface area (Å²) in [5.74, 6) is -3.12. The Morgan fingerprint density at radius 1 is 1.24 bits per heavy atom. The fourth-order valence-electron chi connectivity index (χ4n) is 1.46. The highest BCUT2D eigenvalue weighted by atomic mass is 35.5. The molecule has 0 heterocycles. The monoisotopic (exact) mass is 256 g/mol. The molecule has 0 aliphatic carbocycles. The van der Waals surface area contributed by atoms with Crippen LogP contribution in [-0.2, 0) is 10.2 Å². The lowest BCUT2D eigenvalue weighted by Crippen LogP contribution is -2.17. The summed E-state index contributed by atoms with van der Waals surface area (Å²) in [5.41, 5.74) is -0.285. The second kappa shape index (κ2) is 4.37. The molecule has 0 aliphatic rings. The van der Waals surface area contributed by atoms with Gasteiger partial charge in [-0.1, -0.05) is 32.4 Å². The van der Waals surface area contributed by atoms with Gasteiger partial charge >= 0.3 is 5.97 Å². The summed E-state index contributed by atoms with van der Waals surface area (Å²) < 4.78 is 0. The minimum Gasteiger partial charge on any atom is -0.507 e. The van der Waals surface area contributed by atoms with Crippen LogP contribution >= 0.6 is 11.6 Å². The summed E-state index contributed by atoms with van der Waals surface area (Å²) in [5, 5.41) is 18.8. The molecule has 5 heteroatoms. The quantitative estimate of drug-likeness (QED) is 0.630. The van der Waals surface area contributed by atoms with Crippen molar-refractivity contribution < 1.29 is 19.8 Å². The molecule has 1 aromatic carbocycles. The van der Waals surface area contributed by atoms with E-state index < -0.39 is 17.2 Å². The van der Waals surface area contributed by atoms with Gasteiger partial charge < -0.3 is 10.2 Å². The predicted molar refractivity (Wildman–Crippen MR) is 63.8 cm³/mol. The van der Waals surface area contributed by atoms with Crippen LogP contribution in [0.4, 0.5) is 0 Å². The van der Waals surface area contributed by atoms with Gasteiger partial charge in [-0.15, -0.1) is 0 Å². The smallest absolute Gasteiger partial charge is 0.377 e. The first-order chi connectivity index (χ1) is 7.64. The minimum atomic E-state index is -1.62. The molecule has 0 saturated carbocycles. The van der Waals surface area contributed by atoms with Gasteiger partial charge in [0.1, 0.15) is 5.75 Å². The number of ketones is 1. The fourth-order valence-corrected chi connectivity index (χ4v) is 1.68. The number of hydrogen-bond acceptors (Lipinski definition) is 3. The third-order valence-electron chi connectivity index (χ3n) is 2.32. The molecule has 0 saturated heterocycles. The molecule has 0 atom stereocenters. The Morgan fingerprint density at radius 2 is 1.76 bits per heavy atom. The number of carboxylic acid groups (broad SMARTS) is 1. The van der Waals surface area contributed by atoms with Crippen molar-refractivity contribution in [3.05, 3.63) is 28.3 Å². The number of carbonyl (C=O) groups is 2. The Kier molecular flexibility index (Phi) is 3.48. The zero-order valence-electron chi connectivity index (χ0n) is 9.74. The first-order valence-electron chi connectivity index (χ1n) is 4.95. The number of phenolic OH excluding ortho intramolecular Hbond substituents is 1. The van der Waals surface area contributed by atoms with Crippen LogP contribution in [0.1, 0.15) is 36.7 Å². The van der Waals surface area contributed by atoms with Crippen LogP contribution < -0.4 is 0 Å². The van der Waals surface area contributed by atoms with Gasteiger partial charge in [0.25, 0.3) is 5.78 Å². The van der Waals surface area contributed by atoms with Gasteiger partial charge in [0.2, 0.25) is 0 Å². The van der Waals surface area contributed by atoms with Crippen LogP contribution in [0.15, 0.2) is 12.1 Å². The topological polar surface area (TPSA) is 74.6 Å². The summed E-state index contributed by atoms with van der Waals surface area (Å²) in [6, 6.07) is 2.68. The van der Waals surface area contributed by atoms with E-state index in [4.69, 9.17) is 16.7 Å². The van der Waals surface area contributed by atoms with Crippen LogP contribution in [0, 0.1) is 0 Å². The number of halogens is 1. The van der Waals surface area contributed by atoms with Gasteiger partial charge in [-0.25, -0.2) is 4.79 Å². The van der Waals surface area contributed by atoms with E-state index in [1.54, 1.807) is 0 Å². The molecule has 0 aliphatic heterocycles. The molecule has 0 fully saturated rings. The van der Waals surface area contributed by atoms with Crippen molar-refractivity contribution in [1.29, 1.82) is 0 Å². The van der Waals surface area contributed by atoms with Crippen molar-refractivity contribution in [2.45, 2.75) is 26.2 Å². The summed E-state index contributed by atoms with van der Waals surface area (Å²) >= 11 is 5.82. The van der Waals surface area contributed by atoms with E-state index in [-0.39, 0.29) is 16.3 Å². The fraction of sp³-hybridized carbons (Fsp3) is 0.333. The molecule has 1 rings (SSSR count). The Labute approximate surface area is 104 Å². The molecule has 4 nitrogen and oxygen atoms in total. The first-order valence-corrected chi connectivity index (χ1v) is 5.33. The molecule has 0 radical (unpaired) electrons. The number of Topliss-reactive ketones (excluding diaryl/α,β-unsaturated/α-hetero) is 1. The van der Waals surface area contributed by atoms with E-state index in [0.29, 0.717) is 5.56 Å². The van der Waals surface area contributed by atoms with Crippen LogP contribution in [-0.4, -0.2) is 22.0 Å². The molecule has 92 valence electrons. The molecule has 0 amide bonds. The van der Waals surface area contributed by atoms with Gasteiger partial charge in [-0.2, -0.15) is 0 Å². The number of aromatic hydroxyl groups is 1. The second-order valence-corrected chi connectivity index (χ2v) is 5.17. The van der Waals surface area contributed by atoms with Gasteiger partial charge in [0, 0.05) is 10.6 Å². The molecule has 0 spiro atoms. The number of hydrogen-bond donors (Lipinski definition) is 2. The van der Waals surface area contributed by atoms with Gasteiger partial charge in [-0.05, 0) is 17.5 Å². The number of aliphatic carboxylic acids is 1. The average Bonchev–Trinajstić information content (AvgIpc) is 2.18. The molecule has 17 heavy (non-hydrogen) atoms. The number of benzene rings is 1. The Balaban J connectivity index is 3.50. The maximum Gasteiger partial charge on any atom is 0.377 e. The number of phenols is 1.